The fourth-order valence-corrected chi connectivity index (χ4v) is 5.16. The van der Waals surface area contributed by atoms with E-state index in [-0.39, 0.29) is 5.91 Å². The van der Waals surface area contributed by atoms with Crippen molar-refractivity contribution in [3.05, 3.63) is 45.7 Å². The van der Waals surface area contributed by atoms with Crippen LogP contribution in [0.4, 0.5) is 0 Å². The number of piperidine rings is 1. The second-order valence-electron chi connectivity index (χ2n) is 7.38. The molecule has 2 aliphatic rings. The molecule has 138 valence electrons. The molecule has 3 heterocycles. The van der Waals surface area contributed by atoms with Crippen molar-refractivity contribution in [2.45, 2.75) is 45.1 Å². The van der Waals surface area contributed by atoms with Crippen molar-refractivity contribution in [1.29, 1.82) is 0 Å². The third-order valence-corrected chi connectivity index (χ3v) is 6.47. The molecule has 5 nitrogen and oxygen atoms in total. The van der Waals surface area contributed by atoms with Crippen molar-refractivity contribution in [2.24, 2.45) is 5.92 Å². The lowest BCUT2D eigenvalue weighted by Crippen LogP contribution is -2.40. The van der Waals surface area contributed by atoms with Crippen LogP contribution in [0.5, 0.6) is 0 Å². The van der Waals surface area contributed by atoms with Gasteiger partial charge in [0.15, 0.2) is 0 Å². The maximum atomic E-state index is 12.2. The van der Waals surface area contributed by atoms with Gasteiger partial charge >= 0.3 is 0 Å². The molecule has 0 aromatic carbocycles. The average Bonchev–Trinajstić information content (AvgIpc) is 3.09. The third kappa shape index (κ3) is 4.30. The molecule has 0 radical (unpaired) electrons. The fraction of sp³-hybridized carbons (Fsp3) is 0.550. The van der Waals surface area contributed by atoms with Crippen LogP contribution in [-0.2, 0) is 19.4 Å². The van der Waals surface area contributed by atoms with Gasteiger partial charge in [-0.1, -0.05) is 0 Å². The standard InChI is InChI=1S/C20H26N4OS/c25-20(16-6-3-9-21-12-16)22-11-15-5-4-10-24(13-15)14-19-23-17-7-1-2-8-18(17)26-19/h3,6,9,12,15H,1-2,4-5,7-8,10-11,13-14H2,(H,22,25)/t15-/m0/s1. The molecule has 6 heteroatoms. The summed E-state index contributed by atoms with van der Waals surface area (Å²) in [5, 5.41) is 4.35. The first-order valence-electron chi connectivity index (χ1n) is 9.66. The topological polar surface area (TPSA) is 58.1 Å². The fourth-order valence-electron chi connectivity index (χ4n) is 3.96. The molecule has 0 saturated carbocycles. The number of amides is 1. The van der Waals surface area contributed by atoms with Crippen LogP contribution in [0.2, 0.25) is 0 Å². The molecule has 1 amide bonds. The molecule has 1 saturated heterocycles. The van der Waals surface area contributed by atoms with Crippen LogP contribution in [0.15, 0.2) is 24.5 Å². The van der Waals surface area contributed by atoms with E-state index in [4.69, 9.17) is 4.98 Å². The van der Waals surface area contributed by atoms with E-state index in [1.54, 1.807) is 24.5 Å². The highest BCUT2D eigenvalue weighted by Gasteiger charge is 2.23. The quantitative estimate of drug-likeness (QED) is 0.879. The van der Waals surface area contributed by atoms with Crippen molar-refractivity contribution in [3.8, 4) is 0 Å². The lowest BCUT2D eigenvalue weighted by molar-refractivity contribution is 0.0930. The number of carbonyl (C=O) groups is 1. The maximum absolute atomic E-state index is 12.2. The van der Waals surface area contributed by atoms with E-state index in [1.807, 2.05) is 11.3 Å². The summed E-state index contributed by atoms with van der Waals surface area (Å²) in [6.07, 6.45) is 10.7. The Labute approximate surface area is 158 Å². The Bertz CT molecular complexity index is 722. The Morgan fingerprint density at radius 3 is 3.08 bits per heavy atom. The molecule has 1 fully saturated rings. The summed E-state index contributed by atoms with van der Waals surface area (Å²) in [7, 11) is 0. The van der Waals surface area contributed by atoms with Gasteiger partial charge in [-0.15, -0.1) is 11.3 Å². The van der Waals surface area contributed by atoms with Gasteiger partial charge in [0.05, 0.1) is 17.8 Å². The van der Waals surface area contributed by atoms with Crippen molar-refractivity contribution in [1.82, 2.24) is 20.2 Å². The van der Waals surface area contributed by atoms with Gasteiger partial charge in [0, 0.05) is 30.4 Å². The predicted octanol–water partition coefficient (Wildman–Crippen LogP) is 3.06. The first-order valence-corrected chi connectivity index (χ1v) is 10.5. The SMILES string of the molecule is O=C(NC[C@@H]1CCCN(Cc2nc3c(s2)CCCC3)C1)c1cccnc1. The molecular formula is C20H26N4OS. The second kappa shape index (κ2) is 8.27. The molecular weight excluding hydrogens is 344 g/mol. The molecule has 0 spiro atoms. The van der Waals surface area contributed by atoms with E-state index in [0.717, 1.165) is 32.6 Å². The summed E-state index contributed by atoms with van der Waals surface area (Å²) >= 11 is 1.92. The Morgan fingerprint density at radius 2 is 2.23 bits per heavy atom. The normalized spacial score (nSPS) is 20.5. The summed E-state index contributed by atoms with van der Waals surface area (Å²) in [5.41, 5.74) is 1.99. The average molecular weight is 371 g/mol. The van der Waals surface area contributed by atoms with Gasteiger partial charge < -0.3 is 5.32 Å². The van der Waals surface area contributed by atoms with Crippen molar-refractivity contribution in [3.63, 3.8) is 0 Å². The second-order valence-corrected chi connectivity index (χ2v) is 8.55. The summed E-state index contributed by atoms with van der Waals surface area (Å²) < 4.78 is 0. The minimum Gasteiger partial charge on any atom is -0.352 e. The van der Waals surface area contributed by atoms with Crippen LogP contribution < -0.4 is 5.32 Å². The molecule has 1 aliphatic carbocycles. The highest BCUT2D eigenvalue weighted by atomic mass is 32.1. The first kappa shape index (κ1) is 17.6. The first-order chi connectivity index (χ1) is 12.8. The maximum Gasteiger partial charge on any atom is 0.252 e. The third-order valence-electron chi connectivity index (χ3n) is 5.33. The van der Waals surface area contributed by atoms with E-state index in [9.17, 15) is 4.79 Å². The Morgan fingerprint density at radius 1 is 1.31 bits per heavy atom. The number of rotatable bonds is 5. The number of fused-ring (bicyclic) bond motifs is 1. The zero-order chi connectivity index (χ0) is 17.8. The summed E-state index contributed by atoms with van der Waals surface area (Å²) in [4.78, 5) is 25.1. The van der Waals surface area contributed by atoms with Crippen LogP contribution in [0.3, 0.4) is 0 Å². The van der Waals surface area contributed by atoms with Crippen LogP contribution in [-0.4, -0.2) is 40.4 Å². The monoisotopic (exact) mass is 370 g/mol. The summed E-state index contributed by atoms with van der Waals surface area (Å²) in [6.45, 7) is 3.87. The van der Waals surface area contributed by atoms with E-state index < -0.39 is 0 Å². The van der Waals surface area contributed by atoms with Crippen molar-refractivity contribution in [2.75, 3.05) is 19.6 Å². The Kier molecular flexibility index (Phi) is 5.60. The lowest BCUT2D eigenvalue weighted by Gasteiger charge is -2.32. The van der Waals surface area contributed by atoms with Gasteiger partial charge in [-0.2, -0.15) is 0 Å². The summed E-state index contributed by atoms with van der Waals surface area (Å²) in [5.74, 6) is 0.488. The molecule has 26 heavy (non-hydrogen) atoms. The van der Waals surface area contributed by atoms with Crippen LogP contribution >= 0.6 is 11.3 Å². The molecule has 1 atom stereocenters. The van der Waals surface area contributed by atoms with Gasteiger partial charge in [-0.3, -0.25) is 14.7 Å². The summed E-state index contributed by atoms with van der Waals surface area (Å²) in [6, 6.07) is 3.60. The molecule has 2 aromatic heterocycles. The Balaban J connectivity index is 1.28. The minimum absolute atomic E-state index is 0.0252. The van der Waals surface area contributed by atoms with Crippen LogP contribution in [0.25, 0.3) is 0 Å². The van der Waals surface area contributed by atoms with Crippen molar-refractivity contribution < 1.29 is 4.79 Å². The number of thiazole rings is 1. The van der Waals surface area contributed by atoms with Gasteiger partial charge in [0.2, 0.25) is 0 Å². The number of aromatic nitrogens is 2. The lowest BCUT2D eigenvalue weighted by atomic mass is 9.98. The van der Waals surface area contributed by atoms with E-state index >= 15 is 0 Å². The highest BCUT2D eigenvalue weighted by molar-refractivity contribution is 7.11. The van der Waals surface area contributed by atoms with E-state index in [1.165, 1.54) is 47.7 Å². The van der Waals surface area contributed by atoms with E-state index in [0.29, 0.717) is 11.5 Å². The molecule has 0 bridgehead atoms. The molecule has 1 N–H and O–H groups in total. The molecule has 2 aromatic rings. The molecule has 0 unspecified atom stereocenters. The number of aryl methyl sites for hydroxylation is 2. The van der Waals surface area contributed by atoms with Crippen molar-refractivity contribution >= 4 is 17.2 Å². The number of carbonyl (C=O) groups excluding carboxylic acids is 1. The zero-order valence-electron chi connectivity index (χ0n) is 15.1. The van der Waals surface area contributed by atoms with Gasteiger partial charge in [0.25, 0.3) is 5.91 Å². The zero-order valence-corrected chi connectivity index (χ0v) is 15.9. The molecule has 1 aliphatic heterocycles. The number of nitrogens with one attached hydrogen (secondary N) is 1. The minimum atomic E-state index is -0.0252. The van der Waals surface area contributed by atoms with Crippen LogP contribution in [0.1, 0.15) is 51.6 Å². The number of hydrogen-bond acceptors (Lipinski definition) is 5. The largest absolute Gasteiger partial charge is 0.352 e. The predicted molar refractivity (Wildman–Crippen MR) is 103 cm³/mol. The smallest absolute Gasteiger partial charge is 0.252 e. The molecule has 4 rings (SSSR count). The number of hydrogen-bond donors (Lipinski definition) is 1. The van der Waals surface area contributed by atoms with Gasteiger partial charge in [-0.05, 0) is 63.1 Å². The Hall–Kier alpha value is -1.79. The van der Waals surface area contributed by atoms with Gasteiger partial charge in [0.1, 0.15) is 5.01 Å². The number of likely N-dealkylation sites (tertiary alicyclic amines) is 1. The van der Waals surface area contributed by atoms with Gasteiger partial charge in [-0.25, -0.2) is 4.98 Å². The van der Waals surface area contributed by atoms with E-state index in [2.05, 4.69) is 15.2 Å². The number of pyridine rings is 1. The highest BCUT2D eigenvalue weighted by Crippen LogP contribution is 2.28. The number of nitrogens with zero attached hydrogens (tertiary/aromatic N) is 3. The van der Waals surface area contributed by atoms with Crippen LogP contribution in [0, 0.1) is 5.92 Å².